The zero-order valence-electron chi connectivity index (χ0n) is 13.5. The number of ether oxygens (including phenoxy) is 1. The minimum atomic E-state index is 0.0698. The molecule has 1 aromatic heterocycles. The monoisotopic (exact) mass is 335 g/mol. The van der Waals surface area contributed by atoms with Gasteiger partial charge in [-0.2, -0.15) is 0 Å². The standard InChI is InChI=1S/C17H22ClN3O2/c1-12-9-15(23-20-12)10-19-17(13-3-5-14(18)6-4-13)16-11-21(2)7-8-22-16/h3-6,9,16-17,19H,7-8,10-11H2,1-2H3. The molecule has 1 aliphatic rings. The van der Waals surface area contributed by atoms with Crippen molar-refractivity contribution in [1.29, 1.82) is 0 Å². The molecule has 2 unspecified atom stereocenters. The summed E-state index contributed by atoms with van der Waals surface area (Å²) >= 11 is 6.02. The molecule has 0 amide bonds. The number of rotatable bonds is 5. The van der Waals surface area contributed by atoms with E-state index < -0.39 is 0 Å². The number of aryl methyl sites for hydroxylation is 1. The molecule has 0 bridgehead atoms. The van der Waals surface area contributed by atoms with Crippen molar-refractivity contribution in [2.75, 3.05) is 26.7 Å². The molecular weight excluding hydrogens is 314 g/mol. The van der Waals surface area contributed by atoms with Crippen molar-refractivity contribution in [3.63, 3.8) is 0 Å². The minimum Gasteiger partial charge on any atom is -0.374 e. The molecule has 1 aromatic carbocycles. The van der Waals surface area contributed by atoms with E-state index >= 15 is 0 Å². The van der Waals surface area contributed by atoms with E-state index in [1.807, 2.05) is 37.3 Å². The summed E-state index contributed by atoms with van der Waals surface area (Å²) in [5.41, 5.74) is 2.05. The van der Waals surface area contributed by atoms with Crippen LogP contribution in [0.3, 0.4) is 0 Å². The Hall–Kier alpha value is -1.40. The minimum absolute atomic E-state index is 0.0698. The SMILES string of the molecule is Cc1cc(CNC(c2ccc(Cl)cc2)C2CN(C)CCO2)on1. The van der Waals surface area contributed by atoms with E-state index in [1.165, 1.54) is 0 Å². The highest BCUT2D eigenvalue weighted by atomic mass is 35.5. The average molecular weight is 336 g/mol. The van der Waals surface area contributed by atoms with Crippen LogP contribution in [0.15, 0.2) is 34.9 Å². The molecule has 2 atom stereocenters. The van der Waals surface area contributed by atoms with Gasteiger partial charge in [-0.1, -0.05) is 28.9 Å². The smallest absolute Gasteiger partial charge is 0.150 e. The van der Waals surface area contributed by atoms with Crippen LogP contribution in [0.2, 0.25) is 5.02 Å². The summed E-state index contributed by atoms with van der Waals surface area (Å²) in [6.45, 7) is 5.12. The molecule has 6 heteroatoms. The molecule has 0 radical (unpaired) electrons. The molecule has 5 nitrogen and oxygen atoms in total. The van der Waals surface area contributed by atoms with Gasteiger partial charge in [-0.15, -0.1) is 0 Å². The summed E-state index contributed by atoms with van der Waals surface area (Å²) in [7, 11) is 2.12. The zero-order valence-corrected chi connectivity index (χ0v) is 14.2. The third-order valence-corrected chi connectivity index (χ3v) is 4.32. The van der Waals surface area contributed by atoms with Crippen molar-refractivity contribution < 1.29 is 9.26 Å². The van der Waals surface area contributed by atoms with Crippen LogP contribution >= 0.6 is 11.6 Å². The van der Waals surface area contributed by atoms with Gasteiger partial charge in [0.05, 0.1) is 31.0 Å². The molecular formula is C17H22ClN3O2. The average Bonchev–Trinajstić information content (AvgIpc) is 2.95. The molecule has 2 heterocycles. The lowest BCUT2D eigenvalue weighted by molar-refractivity contribution is -0.0399. The quantitative estimate of drug-likeness (QED) is 0.910. The number of halogens is 1. The van der Waals surface area contributed by atoms with Crippen LogP contribution in [0.5, 0.6) is 0 Å². The van der Waals surface area contributed by atoms with Crippen molar-refractivity contribution in [2.24, 2.45) is 0 Å². The Morgan fingerprint density at radius 3 is 2.83 bits per heavy atom. The van der Waals surface area contributed by atoms with E-state index in [1.54, 1.807) is 0 Å². The lowest BCUT2D eigenvalue weighted by Gasteiger charge is -2.35. The lowest BCUT2D eigenvalue weighted by atomic mass is 10.00. The fraction of sp³-hybridized carbons (Fsp3) is 0.471. The highest BCUT2D eigenvalue weighted by Gasteiger charge is 2.28. The molecule has 1 saturated heterocycles. The van der Waals surface area contributed by atoms with Crippen molar-refractivity contribution >= 4 is 11.6 Å². The normalized spacial score (nSPS) is 20.6. The second-order valence-corrected chi connectivity index (χ2v) is 6.45. The number of nitrogens with zero attached hydrogens (tertiary/aromatic N) is 2. The van der Waals surface area contributed by atoms with E-state index in [0.29, 0.717) is 6.54 Å². The van der Waals surface area contributed by atoms with Gasteiger partial charge >= 0.3 is 0 Å². The number of morpholine rings is 1. The maximum Gasteiger partial charge on any atom is 0.150 e. The van der Waals surface area contributed by atoms with E-state index in [0.717, 1.165) is 41.7 Å². The van der Waals surface area contributed by atoms with Gasteiger partial charge in [-0.05, 0) is 31.7 Å². The molecule has 1 N–H and O–H groups in total. The summed E-state index contributed by atoms with van der Waals surface area (Å²) < 4.78 is 11.3. The van der Waals surface area contributed by atoms with Gasteiger partial charge in [-0.25, -0.2) is 0 Å². The van der Waals surface area contributed by atoms with Crippen molar-refractivity contribution in [1.82, 2.24) is 15.4 Å². The summed E-state index contributed by atoms with van der Waals surface area (Å²) in [5, 5.41) is 8.21. The number of hydrogen-bond acceptors (Lipinski definition) is 5. The molecule has 124 valence electrons. The van der Waals surface area contributed by atoms with Crippen LogP contribution in [-0.2, 0) is 11.3 Å². The zero-order chi connectivity index (χ0) is 16.2. The van der Waals surface area contributed by atoms with Gasteiger partial charge in [0.2, 0.25) is 0 Å². The Morgan fingerprint density at radius 2 is 2.17 bits per heavy atom. The van der Waals surface area contributed by atoms with Crippen LogP contribution < -0.4 is 5.32 Å². The Balaban J connectivity index is 1.76. The molecule has 1 fully saturated rings. The second-order valence-electron chi connectivity index (χ2n) is 6.02. The first-order valence-electron chi connectivity index (χ1n) is 7.83. The molecule has 2 aromatic rings. The predicted octanol–water partition coefficient (Wildman–Crippen LogP) is 2.80. The lowest BCUT2D eigenvalue weighted by Crippen LogP contribution is -2.46. The number of nitrogens with one attached hydrogen (secondary N) is 1. The van der Waals surface area contributed by atoms with E-state index in [4.69, 9.17) is 20.9 Å². The predicted molar refractivity (Wildman–Crippen MR) is 89.5 cm³/mol. The van der Waals surface area contributed by atoms with Crippen LogP contribution in [0.1, 0.15) is 23.1 Å². The first-order valence-corrected chi connectivity index (χ1v) is 8.21. The molecule has 0 spiro atoms. The van der Waals surface area contributed by atoms with Gasteiger partial charge in [0.1, 0.15) is 0 Å². The maximum atomic E-state index is 6.02. The van der Waals surface area contributed by atoms with Gasteiger partial charge in [-0.3, -0.25) is 0 Å². The molecule has 0 saturated carbocycles. The summed E-state index contributed by atoms with van der Waals surface area (Å²) in [6, 6.07) is 9.93. The van der Waals surface area contributed by atoms with E-state index in [-0.39, 0.29) is 12.1 Å². The van der Waals surface area contributed by atoms with E-state index in [2.05, 4.69) is 22.4 Å². The maximum absolute atomic E-state index is 6.02. The number of benzene rings is 1. The number of aromatic nitrogens is 1. The summed E-state index contributed by atoms with van der Waals surface area (Å²) in [4.78, 5) is 2.29. The fourth-order valence-electron chi connectivity index (χ4n) is 2.86. The van der Waals surface area contributed by atoms with Gasteiger partial charge in [0.25, 0.3) is 0 Å². The highest BCUT2D eigenvalue weighted by Crippen LogP contribution is 2.24. The molecule has 3 rings (SSSR count). The molecule has 0 aliphatic carbocycles. The summed E-state index contributed by atoms with van der Waals surface area (Å²) in [6.07, 6.45) is 0.0824. The fourth-order valence-corrected chi connectivity index (χ4v) is 2.98. The third-order valence-electron chi connectivity index (χ3n) is 4.07. The largest absolute Gasteiger partial charge is 0.374 e. The Kier molecular flexibility index (Phi) is 5.33. The Bertz CT molecular complexity index is 629. The first-order chi connectivity index (χ1) is 11.1. The first kappa shape index (κ1) is 16.5. The van der Waals surface area contributed by atoms with Gasteiger partial charge in [0, 0.05) is 24.2 Å². The number of hydrogen-bond donors (Lipinski definition) is 1. The van der Waals surface area contributed by atoms with Crippen LogP contribution in [0.4, 0.5) is 0 Å². The van der Waals surface area contributed by atoms with E-state index in [9.17, 15) is 0 Å². The van der Waals surface area contributed by atoms with Crippen LogP contribution in [-0.4, -0.2) is 42.9 Å². The highest BCUT2D eigenvalue weighted by molar-refractivity contribution is 6.30. The van der Waals surface area contributed by atoms with Crippen LogP contribution in [0.25, 0.3) is 0 Å². The van der Waals surface area contributed by atoms with Crippen LogP contribution in [0, 0.1) is 6.92 Å². The van der Waals surface area contributed by atoms with Gasteiger partial charge in [0.15, 0.2) is 5.76 Å². The van der Waals surface area contributed by atoms with Crippen molar-refractivity contribution in [2.45, 2.75) is 25.6 Å². The number of likely N-dealkylation sites (N-methyl/N-ethyl adjacent to an activating group) is 1. The second kappa shape index (κ2) is 7.45. The third kappa shape index (κ3) is 4.32. The van der Waals surface area contributed by atoms with Gasteiger partial charge < -0.3 is 19.5 Å². The Labute approximate surface area is 141 Å². The van der Waals surface area contributed by atoms with Crippen molar-refractivity contribution in [3.8, 4) is 0 Å². The Morgan fingerprint density at radius 1 is 1.39 bits per heavy atom. The van der Waals surface area contributed by atoms with Crippen molar-refractivity contribution in [3.05, 3.63) is 52.4 Å². The summed E-state index contributed by atoms with van der Waals surface area (Å²) in [5.74, 6) is 0.825. The molecule has 23 heavy (non-hydrogen) atoms. The topological polar surface area (TPSA) is 50.5 Å². The molecule has 1 aliphatic heterocycles.